The highest BCUT2D eigenvalue weighted by atomic mass is 35.5. The van der Waals surface area contributed by atoms with Gasteiger partial charge in [-0.2, -0.15) is 9.61 Å². The van der Waals surface area contributed by atoms with Gasteiger partial charge in [0.15, 0.2) is 5.82 Å². The van der Waals surface area contributed by atoms with Crippen LogP contribution in [0.3, 0.4) is 0 Å². The molecular weight excluding hydrogens is 356 g/mol. The predicted octanol–water partition coefficient (Wildman–Crippen LogP) is 4.69. The van der Waals surface area contributed by atoms with Gasteiger partial charge in [-0.05, 0) is 42.5 Å². The number of fused-ring (bicyclic) bond motifs is 1. The molecule has 5 nitrogen and oxygen atoms in total. The average molecular weight is 369 g/mol. The van der Waals surface area contributed by atoms with Gasteiger partial charge >= 0.3 is 0 Å². The smallest absolute Gasteiger partial charge is 0.235 e. The minimum absolute atomic E-state index is 0.684. The molecule has 0 N–H and O–H groups in total. The topological polar surface area (TPSA) is 52.3 Å². The molecule has 25 heavy (non-hydrogen) atoms. The van der Waals surface area contributed by atoms with Gasteiger partial charge in [0.25, 0.3) is 0 Å². The fourth-order valence-electron chi connectivity index (χ4n) is 2.44. The molecule has 0 bridgehead atoms. The Hall–Kier alpha value is -2.70. The van der Waals surface area contributed by atoms with E-state index >= 15 is 0 Å². The molecule has 4 aromatic rings. The van der Waals surface area contributed by atoms with Crippen molar-refractivity contribution in [3.8, 4) is 17.1 Å². The highest BCUT2D eigenvalue weighted by Gasteiger charge is 2.12. The lowest BCUT2D eigenvalue weighted by Gasteiger charge is -2.02. The zero-order valence-electron chi connectivity index (χ0n) is 13.3. The lowest BCUT2D eigenvalue weighted by atomic mass is 10.2. The van der Waals surface area contributed by atoms with Crippen LogP contribution in [0.25, 0.3) is 28.5 Å². The lowest BCUT2D eigenvalue weighted by molar-refractivity contribution is 0.414. The van der Waals surface area contributed by atoms with Crippen LogP contribution in [0.1, 0.15) is 10.6 Å². The van der Waals surface area contributed by atoms with Crippen molar-refractivity contribution in [2.75, 3.05) is 7.11 Å². The number of hydrogen-bond donors (Lipinski definition) is 0. The van der Waals surface area contributed by atoms with E-state index in [1.165, 1.54) is 11.3 Å². The van der Waals surface area contributed by atoms with Crippen molar-refractivity contribution in [3.63, 3.8) is 0 Å². The Labute approximate surface area is 153 Å². The first-order chi connectivity index (χ1) is 12.2. The fourth-order valence-corrected chi connectivity index (χ4v) is 3.31. The molecule has 0 radical (unpaired) electrons. The van der Waals surface area contributed by atoms with Crippen LogP contribution in [0.4, 0.5) is 0 Å². The maximum absolute atomic E-state index is 5.94. The number of methoxy groups -OCH3 is 1. The summed E-state index contributed by atoms with van der Waals surface area (Å²) in [7, 11) is 1.66. The van der Waals surface area contributed by atoms with Crippen LogP contribution in [0.5, 0.6) is 5.75 Å². The summed E-state index contributed by atoms with van der Waals surface area (Å²) in [6, 6.07) is 15.3. The third-order valence-corrected chi connectivity index (χ3v) is 4.77. The number of hydrogen-bond acceptors (Lipinski definition) is 5. The van der Waals surface area contributed by atoms with Crippen molar-refractivity contribution in [2.24, 2.45) is 0 Å². The summed E-state index contributed by atoms with van der Waals surface area (Å²) >= 11 is 7.42. The number of rotatable bonds is 4. The van der Waals surface area contributed by atoms with Crippen molar-refractivity contribution in [1.82, 2.24) is 19.8 Å². The number of nitrogens with zero attached hydrogens (tertiary/aromatic N) is 4. The molecule has 0 atom stereocenters. The third kappa shape index (κ3) is 3.14. The maximum Gasteiger partial charge on any atom is 0.235 e. The van der Waals surface area contributed by atoms with Crippen molar-refractivity contribution in [1.29, 1.82) is 0 Å². The highest BCUT2D eigenvalue weighted by molar-refractivity contribution is 7.17. The summed E-state index contributed by atoms with van der Waals surface area (Å²) in [5, 5.41) is 14.5. The molecule has 0 aliphatic carbocycles. The molecule has 7 heteroatoms. The van der Waals surface area contributed by atoms with Gasteiger partial charge in [0.2, 0.25) is 4.96 Å². The predicted molar refractivity (Wildman–Crippen MR) is 101 cm³/mol. The average Bonchev–Trinajstić information content (AvgIpc) is 3.21. The normalized spacial score (nSPS) is 11.4. The molecular formula is C18H13ClN4OS. The SMILES string of the molecule is COc1ccccc1/C=C\c1nn2c(-c3ccc(Cl)cc3)nnc2s1. The summed E-state index contributed by atoms with van der Waals surface area (Å²) in [6.07, 6.45) is 3.93. The van der Waals surface area contributed by atoms with Crippen LogP contribution >= 0.6 is 22.9 Å². The monoisotopic (exact) mass is 368 g/mol. The van der Waals surface area contributed by atoms with Gasteiger partial charge in [-0.1, -0.05) is 41.1 Å². The molecule has 0 saturated heterocycles. The van der Waals surface area contributed by atoms with E-state index < -0.39 is 0 Å². The number of halogens is 1. The summed E-state index contributed by atoms with van der Waals surface area (Å²) in [5.74, 6) is 1.52. The quantitative estimate of drug-likeness (QED) is 0.524. The minimum Gasteiger partial charge on any atom is -0.496 e. The minimum atomic E-state index is 0.684. The molecule has 0 aliphatic heterocycles. The Balaban J connectivity index is 1.68. The second-order valence-corrected chi connectivity index (χ2v) is 6.66. The van der Waals surface area contributed by atoms with Gasteiger partial charge in [-0.3, -0.25) is 0 Å². The molecule has 0 amide bonds. The van der Waals surface area contributed by atoms with E-state index in [0.29, 0.717) is 10.8 Å². The van der Waals surface area contributed by atoms with Crippen molar-refractivity contribution in [2.45, 2.75) is 0 Å². The summed E-state index contributed by atoms with van der Waals surface area (Å²) in [6.45, 7) is 0. The first-order valence-corrected chi connectivity index (χ1v) is 8.73. The zero-order chi connectivity index (χ0) is 17.2. The molecule has 0 saturated carbocycles. The van der Waals surface area contributed by atoms with Crippen LogP contribution in [-0.2, 0) is 0 Å². The third-order valence-electron chi connectivity index (χ3n) is 3.65. The molecule has 2 aromatic heterocycles. The van der Waals surface area contributed by atoms with E-state index in [1.807, 2.05) is 60.7 Å². The number of aromatic nitrogens is 4. The molecule has 2 heterocycles. The van der Waals surface area contributed by atoms with Crippen LogP contribution < -0.4 is 4.74 Å². The van der Waals surface area contributed by atoms with Crippen molar-refractivity contribution >= 4 is 40.1 Å². The number of benzene rings is 2. The zero-order valence-corrected chi connectivity index (χ0v) is 14.8. The van der Waals surface area contributed by atoms with E-state index in [0.717, 1.165) is 26.8 Å². The molecule has 0 fully saturated rings. The standard InChI is InChI=1S/C18H13ClN4OS/c1-24-15-5-3-2-4-12(15)8-11-16-22-23-17(20-21-18(23)25-16)13-6-9-14(19)10-7-13/h2-11H,1H3/b11-8-. The van der Waals surface area contributed by atoms with Gasteiger partial charge in [0, 0.05) is 16.1 Å². The van der Waals surface area contributed by atoms with Crippen LogP contribution in [0.2, 0.25) is 5.02 Å². The Morgan fingerprint density at radius 2 is 1.84 bits per heavy atom. The Bertz CT molecular complexity index is 1050. The van der Waals surface area contributed by atoms with Crippen LogP contribution in [0.15, 0.2) is 48.5 Å². The Morgan fingerprint density at radius 3 is 2.64 bits per heavy atom. The van der Waals surface area contributed by atoms with Gasteiger partial charge in [-0.25, -0.2) is 0 Å². The lowest BCUT2D eigenvalue weighted by Crippen LogP contribution is -1.90. The first-order valence-electron chi connectivity index (χ1n) is 7.54. The second kappa shape index (κ2) is 6.66. The summed E-state index contributed by atoms with van der Waals surface area (Å²) in [5.41, 5.74) is 1.91. The first kappa shape index (κ1) is 15.8. The number of para-hydroxylation sites is 1. The van der Waals surface area contributed by atoms with Crippen LogP contribution in [-0.4, -0.2) is 26.9 Å². The molecule has 4 rings (SSSR count). The summed E-state index contributed by atoms with van der Waals surface area (Å²) in [4.78, 5) is 0.740. The van der Waals surface area contributed by atoms with Gasteiger partial charge in [-0.15, -0.1) is 10.2 Å². The fraction of sp³-hybridized carbons (Fsp3) is 0.0556. The molecule has 0 aliphatic rings. The largest absolute Gasteiger partial charge is 0.496 e. The van der Waals surface area contributed by atoms with Gasteiger partial charge in [0.05, 0.1) is 7.11 Å². The van der Waals surface area contributed by atoms with E-state index in [1.54, 1.807) is 11.6 Å². The number of ether oxygens (including phenoxy) is 1. The molecule has 0 spiro atoms. The Kier molecular flexibility index (Phi) is 4.21. The molecule has 2 aromatic carbocycles. The van der Waals surface area contributed by atoms with E-state index in [9.17, 15) is 0 Å². The van der Waals surface area contributed by atoms with Gasteiger partial charge < -0.3 is 4.74 Å². The van der Waals surface area contributed by atoms with Crippen molar-refractivity contribution in [3.05, 3.63) is 64.1 Å². The maximum atomic E-state index is 5.94. The van der Waals surface area contributed by atoms with Crippen molar-refractivity contribution < 1.29 is 4.74 Å². The van der Waals surface area contributed by atoms with E-state index in [-0.39, 0.29) is 0 Å². The van der Waals surface area contributed by atoms with Gasteiger partial charge in [0.1, 0.15) is 10.8 Å². The Morgan fingerprint density at radius 1 is 1.04 bits per heavy atom. The summed E-state index contributed by atoms with van der Waals surface area (Å²) < 4.78 is 7.10. The van der Waals surface area contributed by atoms with E-state index in [2.05, 4.69) is 15.3 Å². The molecule has 0 unspecified atom stereocenters. The van der Waals surface area contributed by atoms with Crippen LogP contribution in [0, 0.1) is 0 Å². The second-order valence-electron chi connectivity index (χ2n) is 5.24. The van der Waals surface area contributed by atoms with E-state index in [4.69, 9.17) is 16.3 Å². The molecule has 124 valence electrons. The highest BCUT2D eigenvalue weighted by Crippen LogP contribution is 2.25.